The quantitative estimate of drug-likeness (QED) is 0.139. The molecule has 0 fully saturated rings. The van der Waals surface area contributed by atoms with Crippen molar-refractivity contribution in [1.29, 1.82) is 0 Å². The van der Waals surface area contributed by atoms with Crippen LogP contribution in [0, 0.1) is 5.41 Å². The first kappa shape index (κ1) is 36.4. The summed E-state index contributed by atoms with van der Waals surface area (Å²) in [5.74, 6) is -0.962. The van der Waals surface area contributed by atoms with E-state index in [4.69, 9.17) is 5.73 Å². The molecule has 4 nitrogen and oxygen atoms in total. The normalized spacial score (nSPS) is 16.4. The zero-order valence-corrected chi connectivity index (χ0v) is 32.2. The van der Waals surface area contributed by atoms with Gasteiger partial charge in [0.05, 0.1) is 11.7 Å². The molecule has 6 aromatic carbocycles. The smallest absolute Gasteiger partial charge is 0.335 e. The second-order valence-corrected chi connectivity index (χ2v) is 16.8. The Bertz CT molecular complexity index is 2550. The molecule has 55 heavy (non-hydrogen) atoms. The first-order valence-electron chi connectivity index (χ1n) is 19.4. The van der Waals surface area contributed by atoms with Crippen molar-refractivity contribution in [3.8, 4) is 11.1 Å². The van der Waals surface area contributed by atoms with Gasteiger partial charge in [-0.2, -0.15) is 0 Å². The summed E-state index contributed by atoms with van der Waals surface area (Å²) in [6.45, 7) is 10.0. The molecule has 0 radical (unpaired) electrons. The van der Waals surface area contributed by atoms with E-state index >= 15 is 0 Å². The maximum Gasteiger partial charge on any atom is 0.335 e. The fourth-order valence-corrected chi connectivity index (χ4v) is 9.05. The van der Waals surface area contributed by atoms with Crippen LogP contribution in [0.1, 0.15) is 95.9 Å². The highest BCUT2D eigenvalue weighted by molar-refractivity contribution is 6.01. The topological polar surface area (TPSA) is 83.5 Å². The van der Waals surface area contributed by atoms with Crippen molar-refractivity contribution in [3.05, 3.63) is 178 Å². The fourth-order valence-electron chi connectivity index (χ4n) is 9.05. The number of carboxylic acid groups (broad SMARTS) is 1. The molecule has 2 aliphatic rings. The van der Waals surface area contributed by atoms with Gasteiger partial charge in [0.15, 0.2) is 0 Å². The van der Waals surface area contributed by atoms with Gasteiger partial charge in [-0.3, -0.25) is 0 Å². The van der Waals surface area contributed by atoms with Crippen LogP contribution < -0.4 is 5.73 Å². The molecule has 0 saturated carbocycles. The molecule has 0 heterocycles. The lowest BCUT2D eigenvalue weighted by atomic mass is 9.63. The number of fused-ring (bicyclic) bond motifs is 5. The van der Waals surface area contributed by atoms with Crippen molar-refractivity contribution < 1.29 is 15.0 Å². The highest BCUT2D eigenvalue weighted by atomic mass is 16.4. The summed E-state index contributed by atoms with van der Waals surface area (Å²) in [6.07, 6.45) is 11.4. The van der Waals surface area contributed by atoms with E-state index < -0.39 is 12.1 Å². The minimum absolute atomic E-state index is 0.0499. The second kappa shape index (κ2) is 14.3. The summed E-state index contributed by atoms with van der Waals surface area (Å²) in [5, 5.41) is 26.0. The molecule has 0 aromatic heterocycles. The summed E-state index contributed by atoms with van der Waals surface area (Å²) in [6, 6.07) is 37.3. The average molecular weight is 724 g/mol. The van der Waals surface area contributed by atoms with E-state index in [-0.39, 0.29) is 16.4 Å². The molecular formula is C51H49NO3. The van der Waals surface area contributed by atoms with Crippen LogP contribution in [-0.4, -0.2) is 16.2 Å². The van der Waals surface area contributed by atoms with Crippen LogP contribution in [0.2, 0.25) is 0 Å². The fraction of sp³-hybridized carbons (Fsp3) is 0.235. The number of benzene rings is 6. The minimum atomic E-state index is -0.962. The number of carboxylic acids is 1. The van der Waals surface area contributed by atoms with E-state index in [9.17, 15) is 15.0 Å². The summed E-state index contributed by atoms with van der Waals surface area (Å²) >= 11 is 0. The number of carbonyl (C=O) groups is 1. The maximum absolute atomic E-state index is 12.0. The minimum Gasteiger partial charge on any atom is -0.478 e. The van der Waals surface area contributed by atoms with E-state index in [0.29, 0.717) is 6.54 Å². The Labute approximate surface area is 324 Å². The number of hydrogen-bond donors (Lipinski definition) is 3. The first-order chi connectivity index (χ1) is 26.4. The number of aromatic carboxylic acids is 1. The monoisotopic (exact) mass is 723 g/mol. The van der Waals surface area contributed by atoms with E-state index in [0.717, 1.165) is 64.3 Å². The number of nitrogens with two attached hydrogens (primary N) is 1. The predicted molar refractivity (Wildman–Crippen MR) is 228 cm³/mol. The van der Waals surface area contributed by atoms with Crippen LogP contribution in [0.4, 0.5) is 0 Å². The van der Waals surface area contributed by atoms with Gasteiger partial charge in [0.1, 0.15) is 0 Å². The van der Waals surface area contributed by atoms with E-state index in [1.165, 1.54) is 38.6 Å². The van der Waals surface area contributed by atoms with Crippen LogP contribution in [-0.2, 0) is 24.8 Å². The standard InChI is InChI=1S/C51H49NO3/c1-50(2)26-25-41-40(29-50)30-51(3,4)48-44(41)23-21-38-28-39(27-37(46(38)48)19-15-32-9-11-34(31-52)12-10-32)43-22-20-35-7-5-6-8-42(35)47(43)45(53)24-16-33-13-17-36(18-14-33)49(54)55/h5-14,16-18,20-28,45,53H,15,19,29-31,52H2,1-4H3,(H,54,55). The molecule has 1 atom stereocenters. The molecule has 0 amide bonds. The zero-order chi connectivity index (χ0) is 38.5. The molecule has 8 rings (SSSR count). The van der Waals surface area contributed by atoms with Crippen LogP contribution in [0.3, 0.4) is 0 Å². The van der Waals surface area contributed by atoms with E-state index in [1.807, 2.05) is 18.2 Å². The van der Waals surface area contributed by atoms with Crippen molar-refractivity contribution >= 4 is 39.2 Å². The van der Waals surface area contributed by atoms with Crippen LogP contribution in [0.15, 0.2) is 133 Å². The third kappa shape index (κ3) is 7.09. The third-order valence-corrected chi connectivity index (χ3v) is 11.7. The van der Waals surface area contributed by atoms with Gasteiger partial charge in [-0.05, 0) is 126 Å². The molecular weight excluding hydrogens is 675 g/mol. The molecule has 2 aliphatic carbocycles. The summed E-state index contributed by atoms with van der Waals surface area (Å²) < 4.78 is 0. The molecule has 276 valence electrons. The van der Waals surface area contributed by atoms with E-state index in [1.54, 1.807) is 35.9 Å². The van der Waals surface area contributed by atoms with Gasteiger partial charge in [0, 0.05) is 12.1 Å². The number of rotatable bonds is 9. The number of hydrogen-bond acceptors (Lipinski definition) is 3. The lowest BCUT2D eigenvalue weighted by Crippen LogP contribution is -2.28. The largest absolute Gasteiger partial charge is 0.478 e. The Kier molecular flexibility index (Phi) is 9.45. The van der Waals surface area contributed by atoms with Crippen molar-refractivity contribution in [1.82, 2.24) is 0 Å². The van der Waals surface area contributed by atoms with Crippen molar-refractivity contribution in [3.63, 3.8) is 0 Å². The molecule has 0 bridgehead atoms. The lowest BCUT2D eigenvalue weighted by Gasteiger charge is -2.40. The Morgan fingerprint density at radius 1 is 0.800 bits per heavy atom. The zero-order valence-electron chi connectivity index (χ0n) is 32.2. The molecule has 0 saturated heterocycles. The first-order valence-corrected chi connectivity index (χ1v) is 19.4. The Hall–Kier alpha value is -5.55. The van der Waals surface area contributed by atoms with Gasteiger partial charge in [-0.15, -0.1) is 0 Å². The van der Waals surface area contributed by atoms with Gasteiger partial charge < -0.3 is 15.9 Å². The number of aliphatic hydroxyl groups is 1. The maximum atomic E-state index is 12.0. The summed E-state index contributed by atoms with van der Waals surface area (Å²) in [5.41, 5.74) is 19.5. The molecule has 0 spiro atoms. The van der Waals surface area contributed by atoms with Crippen LogP contribution in [0.25, 0.3) is 44.3 Å². The van der Waals surface area contributed by atoms with Gasteiger partial charge in [0.25, 0.3) is 0 Å². The Morgan fingerprint density at radius 3 is 2.25 bits per heavy atom. The highest BCUT2D eigenvalue weighted by Crippen LogP contribution is 2.52. The molecule has 4 heteroatoms. The highest BCUT2D eigenvalue weighted by Gasteiger charge is 2.37. The molecule has 6 aromatic rings. The van der Waals surface area contributed by atoms with Crippen molar-refractivity contribution in [2.75, 3.05) is 0 Å². The van der Waals surface area contributed by atoms with Gasteiger partial charge in [-0.1, -0.05) is 149 Å². The number of aliphatic hydroxyl groups excluding tert-OH is 1. The average Bonchev–Trinajstić information content (AvgIpc) is 3.17. The SMILES string of the molecule is CC1(C)C=CC2=C(C1)CC(C)(C)c1c2ccc2cc(-c3ccc4ccccc4c3C(O)C=Cc3ccc(C(=O)O)cc3)cc(CCc3ccc(CN)cc3)c12. The molecule has 0 aliphatic heterocycles. The second-order valence-electron chi connectivity index (χ2n) is 16.8. The van der Waals surface area contributed by atoms with Crippen molar-refractivity contribution in [2.45, 2.75) is 71.4 Å². The molecule has 4 N–H and O–H groups in total. The van der Waals surface area contributed by atoms with Gasteiger partial charge in [-0.25, -0.2) is 4.79 Å². The Morgan fingerprint density at radius 2 is 1.51 bits per heavy atom. The van der Waals surface area contributed by atoms with Gasteiger partial charge >= 0.3 is 5.97 Å². The summed E-state index contributed by atoms with van der Waals surface area (Å²) in [7, 11) is 0. The van der Waals surface area contributed by atoms with E-state index in [2.05, 4.69) is 113 Å². The predicted octanol–water partition coefficient (Wildman–Crippen LogP) is 11.8. The van der Waals surface area contributed by atoms with Crippen LogP contribution >= 0.6 is 0 Å². The lowest BCUT2D eigenvalue weighted by molar-refractivity contribution is 0.0697. The van der Waals surface area contributed by atoms with Crippen LogP contribution in [0.5, 0.6) is 0 Å². The molecule has 1 unspecified atom stereocenters. The Balaban J connectivity index is 1.30. The number of allylic oxidation sites excluding steroid dienone is 4. The van der Waals surface area contributed by atoms with Crippen molar-refractivity contribution in [2.24, 2.45) is 11.1 Å². The summed E-state index contributed by atoms with van der Waals surface area (Å²) in [4.78, 5) is 11.4. The van der Waals surface area contributed by atoms with Gasteiger partial charge in [0.2, 0.25) is 0 Å². The number of aryl methyl sites for hydroxylation is 2. The third-order valence-electron chi connectivity index (χ3n) is 11.7.